The van der Waals surface area contributed by atoms with Crippen molar-refractivity contribution >= 4 is 28.1 Å². The van der Waals surface area contributed by atoms with Gasteiger partial charge in [0, 0.05) is 12.1 Å². The predicted molar refractivity (Wildman–Crippen MR) is 63.7 cm³/mol. The fraction of sp³-hybridized carbons (Fsp3) is 0.222. The number of hydrogen-bond acceptors (Lipinski definition) is 6. The van der Waals surface area contributed by atoms with E-state index in [1.807, 2.05) is 0 Å². The summed E-state index contributed by atoms with van der Waals surface area (Å²) in [5.41, 5.74) is -4.54. The van der Waals surface area contributed by atoms with E-state index in [4.69, 9.17) is 5.11 Å². The highest BCUT2D eigenvalue weighted by molar-refractivity contribution is 7.86. The lowest BCUT2D eigenvalue weighted by Crippen LogP contribution is -2.14. The molecule has 9 nitrogen and oxygen atoms in total. The molecule has 0 aliphatic carbocycles. The molecule has 13 heteroatoms. The molecule has 0 aliphatic rings. The summed E-state index contributed by atoms with van der Waals surface area (Å²) in [7, 11) is -2.76. The van der Waals surface area contributed by atoms with E-state index >= 15 is 0 Å². The molecule has 0 saturated heterocycles. The monoisotopic (exact) mass is 342 g/mol. The number of benzene rings is 1. The Kier molecular flexibility index (Phi) is 4.80. The Labute approximate surface area is 121 Å². The van der Waals surface area contributed by atoms with Gasteiger partial charge in [0.25, 0.3) is 11.4 Å². The number of nitro benzene ring substituents is 2. The van der Waals surface area contributed by atoms with E-state index in [1.54, 1.807) is 0 Å². The van der Waals surface area contributed by atoms with E-state index in [2.05, 4.69) is 0 Å². The average molecular weight is 342 g/mol. The third-order valence-electron chi connectivity index (χ3n) is 2.25. The molecule has 0 aromatic heterocycles. The van der Waals surface area contributed by atoms with Crippen molar-refractivity contribution in [2.24, 2.45) is 0 Å². The Bertz CT molecular complexity index is 653. The quantitative estimate of drug-likeness (QED) is 0.634. The number of aliphatic carboxylic acids is 1. The second-order valence-electron chi connectivity index (χ2n) is 3.74. The van der Waals surface area contributed by atoms with Crippen molar-refractivity contribution in [3.63, 3.8) is 0 Å². The number of alkyl halides is 3. The molecule has 1 aromatic rings. The third kappa shape index (κ3) is 3.75. The van der Waals surface area contributed by atoms with Crippen molar-refractivity contribution in [1.82, 2.24) is 0 Å². The summed E-state index contributed by atoms with van der Waals surface area (Å²) >= 11 is 0. The SMILES string of the molecule is O=C(O)CS(=O)c1c([N+](=O)[O-])cc(C(F)(F)F)cc1[N+](=O)[O-]. The van der Waals surface area contributed by atoms with Crippen molar-refractivity contribution < 1.29 is 37.1 Å². The van der Waals surface area contributed by atoms with Gasteiger partial charge in [-0.05, 0) is 0 Å². The molecule has 0 saturated carbocycles. The van der Waals surface area contributed by atoms with Crippen molar-refractivity contribution in [2.45, 2.75) is 11.1 Å². The van der Waals surface area contributed by atoms with Gasteiger partial charge in [0.1, 0.15) is 5.75 Å². The molecule has 22 heavy (non-hydrogen) atoms. The summed E-state index contributed by atoms with van der Waals surface area (Å²) in [6, 6.07) is -0.0514. The van der Waals surface area contributed by atoms with Gasteiger partial charge < -0.3 is 5.11 Å². The minimum atomic E-state index is -5.11. The number of halogens is 3. The van der Waals surface area contributed by atoms with Gasteiger partial charge in [0.15, 0.2) is 4.90 Å². The van der Waals surface area contributed by atoms with Gasteiger partial charge >= 0.3 is 12.1 Å². The molecule has 1 aromatic carbocycles. The summed E-state index contributed by atoms with van der Waals surface area (Å²) in [5, 5.41) is 30.1. The van der Waals surface area contributed by atoms with E-state index in [0.717, 1.165) is 0 Å². The molecule has 0 fully saturated rings. The van der Waals surface area contributed by atoms with Crippen LogP contribution in [0.5, 0.6) is 0 Å². The van der Waals surface area contributed by atoms with Gasteiger partial charge in [0.05, 0.1) is 26.2 Å². The van der Waals surface area contributed by atoms with Crippen molar-refractivity contribution in [1.29, 1.82) is 0 Å². The number of rotatable bonds is 5. The molecule has 0 amide bonds. The molecule has 0 bridgehead atoms. The summed E-state index contributed by atoms with van der Waals surface area (Å²) in [5.74, 6) is -2.92. The summed E-state index contributed by atoms with van der Waals surface area (Å²) in [6.45, 7) is 0. The Hall–Kier alpha value is -2.57. The fourth-order valence-electron chi connectivity index (χ4n) is 1.45. The Morgan fingerprint density at radius 2 is 1.59 bits per heavy atom. The number of carboxylic acids is 1. The van der Waals surface area contributed by atoms with Crippen LogP contribution < -0.4 is 0 Å². The lowest BCUT2D eigenvalue weighted by atomic mass is 10.1. The summed E-state index contributed by atoms with van der Waals surface area (Å²) in [4.78, 5) is 28.1. The maximum Gasteiger partial charge on any atom is 0.416 e. The molecule has 1 unspecified atom stereocenters. The topological polar surface area (TPSA) is 141 Å². The van der Waals surface area contributed by atoms with Crippen molar-refractivity contribution in [3.8, 4) is 0 Å². The molecular formula is C9H5F3N2O7S. The van der Waals surface area contributed by atoms with Crippen LogP contribution in [-0.4, -0.2) is 30.9 Å². The van der Waals surface area contributed by atoms with Crippen LogP contribution in [0.3, 0.4) is 0 Å². The first-order chi connectivity index (χ1) is 9.95. The largest absolute Gasteiger partial charge is 0.481 e. The van der Waals surface area contributed by atoms with Crippen LogP contribution >= 0.6 is 0 Å². The third-order valence-corrected chi connectivity index (χ3v) is 3.64. The molecule has 120 valence electrons. The van der Waals surface area contributed by atoms with Crippen LogP contribution in [0.15, 0.2) is 17.0 Å². The van der Waals surface area contributed by atoms with Crippen molar-refractivity contribution in [2.75, 3.05) is 5.75 Å². The minimum absolute atomic E-state index is 0.0257. The highest BCUT2D eigenvalue weighted by Gasteiger charge is 2.39. The summed E-state index contributed by atoms with van der Waals surface area (Å²) < 4.78 is 49.5. The lowest BCUT2D eigenvalue weighted by molar-refractivity contribution is -0.400. The number of hydrogen-bond donors (Lipinski definition) is 1. The number of carboxylic acid groups (broad SMARTS) is 1. The Morgan fingerprint density at radius 3 is 1.86 bits per heavy atom. The maximum atomic E-state index is 12.6. The normalized spacial score (nSPS) is 12.7. The van der Waals surface area contributed by atoms with Crippen LogP contribution in [-0.2, 0) is 21.8 Å². The Balaban J connectivity index is 3.72. The zero-order chi connectivity index (χ0) is 17.2. The zero-order valence-electron chi connectivity index (χ0n) is 10.2. The zero-order valence-corrected chi connectivity index (χ0v) is 11.0. The molecule has 0 radical (unpaired) electrons. The highest BCUT2D eigenvalue weighted by Crippen LogP contribution is 2.39. The fourth-order valence-corrected chi connectivity index (χ4v) is 2.55. The first kappa shape index (κ1) is 17.5. The second kappa shape index (κ2) is 6.05. The van der Waals surface area contributed by atoms with E-state index in [1.165, 1.54) is 0 Å². The maximum absolute atomic E-state index is 12.6. The van der Waals surface area contributed by atoms with Crippen LogP contribution in [0.1, 0.15) is 5.56 Å². The molecular weight excluding hydrogens is 337 g/mol. The first-order valence-corrected chi connectivity index (χ1v) is 6.41. The highest BCUT2D eigenvalue weighted by atomic mass is 32.2. The lowest BCUT2D eigenvalue weighted by Gasteiger charge is -2.09. The van der Waals surface area contributed by atoms with Crippen molar-refractivity contribution in [3.05, 3.63) is 37.9 Å². The van der Waals surface area contributed by atoms with E-state index in [-0.39, 0.29) is 12.1 Å². The smallest absolute Gasteiger partial charge is 0.416 e. The second-order valence-corrected chi connectivity index (χ2v) is 5.13. The van der Waals surface area contributed by atoms with Gasteiger partial charge in [-0.15, -0.1) is 0 Å². The molecule has 0 spiro atoms. The molecule has 0 aliphatic heterocycles. The first-order valence-electron chi connectivity index (χ1n) is 5.09. The number of carbonyl (C=O) groups is 1. The number of nitro groups is 2. The van der Waals surface area contributed by atoms with Crippen LogP contribution in [0.4, 0.5) is 24.5 Å². The van der Waals surface area contributed by atoms with Gasteiger partial charge in [0.2, 0.25) is 0 Å². The van der Waals surface area contributed by atoms with Gasteiger partial charge in [-0.1, -0.05) is 0 Å². The molecule has 1 rings (SSSR count). The van der Waals surface area contributed by atoms with Crippen LogP contribution in [0, 0.1) is 20.2 Å². The van der Waals surface area contributed by atoms with E-state index < -0.39 is 60.4 Å². The standard InChI is InChI=1S/C9H5F3N2O7S/c10-9(11,12)4-1-5(13(17)18)8(6(2-4)14(19)20)22(21)3-7(15)16/h1-2H,3H2,(H,15,16). The molecule has 1 N–H and O–H groups in total. The predicted octanol–water partition coefficient (Wildman–Crippen LogP) is 1.71. The van der Waals surface area contributed by atoms with E-state index in [9.17, 15) is 42.4 Å². The van der Waals surface area contributed by atoms with Crippen LogP contribution in [0.2, 0.25) is 0 Å². The Morgan fingerprint density at radius 1 is 1.18 bits per heavy atom. The minimum Gasteiger partial charge on any atom is -0.481 e. The van der Waals surface area contributed by atoms with Crippen LogP contribution in [0.25, 0.3) is 0 Å². The van der Waals surface area contributed by atoms with E-state index in [0.29, 0.717) is 0 Å². The molecule has 1 atom stereocenters. The van der Waals surface area contributed by atoms with Gasteiger partial charge in [-0.3, -0.25) is 29.2 Å². The summed E-state index contributed by atoms with van der Waals surface area (Å²) in [6.07, 6.45) is -5.11. The van der Waals surface area contributed by atoms with Gasteiger partial charge in [-0.2, -0.15) is 13.2 Å². The average Bonchev–Trinajstić information content (AvgIpc) is 2.34. The number of nitrogens with zero attached hydrogens (tertiary/aromatic N) is 2. The van der Waals surface area contributed by atoms with Gasteiger partial charge in [-0.25, -0.2) is 0 Å². The molecule has 0 heterocycles.